The minimum atomic E-state index is -0.474. The maximum absolute atomic E-state index is 12.5. The highest BCUT2D eigenvalue weighted by molar-refractivity contribution is 8.00. The van der Waals surface area contributed by atoms with Crippen LogP contribution in [0.5, 0.6) is 0 Å². The average molecular weight is 379 g/mol. The lowest BCUT2D eigenvalue weighted by Gasteiger charge is -2.24. The largest absolute Gasteiger partial charge is 0.324 e. The van der Waals surface area contributed by atoms with E-state index in [2.05, 4.69) is 10.4 Å². The molecule has 0 aliphatic carbocycles. The van der Waals surface area contributed by atoms with Crippen LogP contribution in [0.1, 0.15) is 5.56 Å². The van der Waals surface area contributed by atoms with Crippen LogP contribution < -0.4 is 15.8 Å². The second-order valence-corrected chi connectivity index (χ2v) is 7.00. The number of hydrogen-bond donors (Lipinski definition) is 1. The predicted octanol–water partition coefficient (Wildman–Crippen LogP) is 1.91. The highest BCUT2D eigenvalue weighted by Gasteiger charge is 2.26. The van der Waals surface area contributed by atoms with Crippen molar-refractivity contribution in [1.29, 1.82) is 0 Å². The molecule has 1 aliphatic heterocycles. The van der Waals surface area contributed by atoms with E-state index in [0.29, 0.717) is 15.6 Å². The molecule has 2 amide bonds. The molecule has 0 atom stereocenters. The number of nitrogens with zero attached hydrogens (tertiary/aromatic N) is 3. The molecule has 9 heteroatoms. The molecular formula is C16H15ClN4O3S. The van der Waals surface area contributed by atoms with Gasteiger partial charge < -0.3 is 10.2 Å². The Hall–Kier alpha value is -2.32. The van der Waals surface area contributed by atoms with E-state index in [9.17, 15) is 14.4 Å². The predicted molar refractivity (Wildman–Crippen MR) is 97.4 cm³/mol. The number of anilines is 2. The fourth-order valence-corrected chi connectivity index (χ4v) is 3.49. The van der Waals surface area contributed by atoms with Crippen LogP contribution in [0.4, 0.5) is 11.4 Å². The number of thioether (sulfide) groups is 1. The average Bonchev–Trinajstić information content (AvgIpc) is 2.57. The van der Waals surface area contributed by atoms with Crippen molar-refractivity contribution in [2.45, 2.75) is 18.4 Å². The van der Waals surface area contributed by atoms with Gasteiger partial charge in [-0.2, -0.15) is 5.10 Å². The third kappa shape index (κ3) is 3.54. The van der Waals surface area contributed by atoms with E-state index >= 15 is 0 Å². The molecular weight excluding hydrogens is 364 g/mol. The first-order chi connectivity index (χ1) is 11.9. The summed E-state index contributed by atoms with van der Waals surface area (Å²) in [4.78, 5) is 38.5. The van der Waals surface area contributed by atoms with E-state index < -0.39 is 11.5 Å². The van der Waals surface area contributed by atoms with Crippen LogP contribution in [0.25, 0.3) is 0 Å². The molecule has 1 aromatic heterocycles. The number of fused-ring (bicyclic) bond motifs is 1. The smallest absolute Gasteiger partial charge is 0.292 e. The molecule has 0 bridgehead atoms. The number of halogens is 1. The summed E-state index contributed by atoms with van der Waals surface area (Å²) in [6.45, 7) is 1.60. The van der Waals surface area contributed by atoms with Gasteiger partial charge in [0, 0.05) is 17.8 Å². The zero-order chi connectivity index (χ0) is 18.1. The van der Waals surface area contributed by atoms with E-state index in [4.69, 9.17) is 11.6 Å². The molecule has 0 saturated carbocycles. The molecule has 2 heterocycles. The Morgan fingerprint density at radius 1 is 1.40 bits per heavy atom. The topological polar surface area (TPSA) is 84.3 Å². The fourth-order valence-electron chi connectivity index (χ4n) is 2.36. The number of aromatic nitrogens is 2. The summed E-state index contributed by atoms with van der Waals surface area (Å²) in [6.07, 6.45) is 1.50. The number of amides is 2. The Kier molecular flexibility index (Phi) is 4.82. The van der Waals surface area contributed by atoms with Crippen molar-refractivity contribution >= 4 is 46.6 Å². The summed E-state index contributed by atoms with van der Waals surface area (Å²) < 4.78 is 1.04. The lowest BCUT2D eigenvalue weighted by molar-refractivity contribution is -0.117. The van der Waals surface area contributed by atoms with Crippen LogP contribution in [0.3, 0.4) is 0 Å². The first kappa shape index (κ1) is 17.5. The second kappa shape index (κ2) is 6.89. The standard InChI is InChI=1S/C16H15ClN4O3S/c1-9-3-4-10(5-11(9)17)19-13(22)7-21-16(24)15-12(6-18-21)25-8-14(23)20(15)2/h3-6H,7-8H2,1-2H3,(H,19,22). The Morgan fingerprint density at radius 2 is 2.16 bits per heavy atom. The fraction of sp³-hybridized carbons (Fsp3) is 0.250. The summed E-state index contributed by atoms with van der Waals surface area (Å²) in [7, 11) is 1.54. The van der Waals surface area contributed by atoms with Gasteiger partial charge in [-0.3, -0.25) is 14.4 Å². The molecule has 25 heavy (non-hydrogen) atoms. The normalized spacial score (nSPS) is 13.6. The first-order valence-corrected chi connectivity index (χ1v) is 8.78. The van der Waals surface area contributed by atoms with Gasteiger partial charge in [0.2, 0.25) is 11.8 Å². The summed E-state index contributed by atoms with van der Waals surface area (Å²) in [6, 6.07) is 5.16. The van der Waals surface area contributed by atoms with Gasteiger partial charge in [0.15, 0.2) is 0 Å². The van der Waals surface area contributed by atoms with Crippen LogP contribution in [-0.4, -0.2) is 34.4 Å². The Bertz CT molecular complexity index is 928. The molecule has 0 unspecified atom stereocenters. The monoisotopic (exact) mass is 378 g/mol. The highest BCUT2D eigenvalue weighted by atomic mass is 35.5. The van der Waals surface area contributed by atoms with Crippen LogP contribution in [0.15, 0.2) is 34.1 Å². The Labute approximate surface area is 153 Å². The number of carbonyl (C=O) groups is 2. The number of hydrogen-bond acceptors (Lipinski definition) is 5. The van der Waals surface area contributed by atoms with Crippen molar-refractivity contribution in [2.75, 3.05) is 23.0 Å². The van der Waals surface area contributed by atoms with Gasteiger partial charge in [-0.05, 0) is 24.6 Å². The van der Waals surface area contributed by atoms with E-state index in [-0.39, 0.29) is 23.9 Å². The van der Waals surface area contributed by atoms with Gasteiger partial charge >= 0.3 is 0 Å². The lowest BCUT2D eigenvalue weighted by atomic mass is 10.2. The SMILES string of the molecule is Cc1ccc(NC(=O)Cn2ncc3c(c2=O)N(C)C(=O)CS3)cc1Cl. The second-order valence-electron chi connectivity index (χ2n) is 5.57. The maximum atomic E-state index is 12.5. The van der Waals surface area contributed by atoms with Crippen LogP contribution in [-0.2, 0) is 16.1 Å². The number of rotatable bonds is 3. The Morgan fingerprint density at radius 3 is 2.88 bits per heavy atom. The van der Waals surface area contributed by atoms with Gasteiger partial charge in [0.1, 0.15) is 12.2 Å². The molecule has 0 spiro atoms. The molecule has 0 saturated heterocycles. The molecule has 0 fully saturated rings. The minimum Gasteiger partial charge on any atom is -0.324 e. The number of benzene rings is 1. The Balaban J connectivity index is 1.81. The van der Waals surface area contributed by atoms with Crippen molar-refractivity contribution in [3.05, 3.63) is 45.3 Å². The van der Waals surface area contributed by atoms with Crippen LogP contribution in [0, 0.1) is 6.92 Å². The first-order valence-electron chi connectivity index (χ1n) is 7.42. The molecule has 130 valence electrons. The van der Waals surface area contributed by atoms with E-state index in [1.54, 1.807) is 25.2 Å². The molecule has 0 radical (unpaired) electrons. The van der Waals surface area contributed by atoms with Gasteiger partial charge in [-0.25, -0.2) is 4.68 Å². The van der Waals surface area contributed by atoms with Crippen molar-refractivity contribution in [2.24, 2.45) is 0 Å². The molecule has 1 aromatic carbocycles. The van der Waals surface area contributed by atoms with E-state index in [1.165, 1.54) is 22.9 Å². The maximum Gasteiger partial charge on any atom is 0.292 e. The third-order valence-corrected chi connectivity index (χ3v) is 5.20. The number of nitrogens with one attached hydrogen (secondary N) is 1. The summed E-state index contributed by atoms with van der Waals surface area (Å²) in [5.41, 5.74) is 1.21. The molecule has 1 N–H and O–H groups in total. The van der Waals surface area contributed by atoms with Gasteiger partial charge in [0.05, 0.1) is 16.8 Å². The molecule has 3 rings (SSSR count). The summed E-state index contributed by atoms with van der Waals surface area (Å²) >= 11 is 7.30. The van der Waals surface area contributed by atoms with Crippen molar-refractivity contribution in [3.63, 3.8) is 0 Å². The molecule has 2 aromatic rings. The lowest BCUT2D eigenvalue weighted by Crippen LogP contribution is -2.40. The highest BCUT2D eigenvalue weighted by Crippen LogP contribution is 2.30. The van der Waals surface area contributed by atoms with E-state index in [1.807, 2.05) is 6.92 Å². The quantitative estimate of drug-likeness (QED) is 0.882. The molecule has 1 aliphatic rings. The summed E-state index contributed by atoms with van der Waals surface area (Å²) in [5.74, 6) is -0.304. The number of aryl methyl sites for hydroxylation is 1. The van der Waals surface area contributed by atoms with Crippen molar-refractivity contribution < 1.29 is 9.59 Å². The minimum absolute atomic E-state index is 0.161. The van der Waals surface area contributed by atoms with Gasteiger partial charge in [-0.15, -0.1) is 11.8 Å². The van der Waals surface area contributed by atoms with Crippen LogP contribution in [0.2, 0.25) is 5.02 Å². The van der Waals surface area contributed by atoms with Crippen LogP contribution >= 0.6 is 23.4 Å². The third-order valence-electron chi connectivity index (χ3n) is 3.79. The summed E-state index contributed by atoms with van der Waals surface area (Å²) in [5, 5.41) is 7.24. The van der Waals surface area contributed by atoms with Crippen molar-refractivity contribution in [1.82, 2.24) is 9.78 Å². The van der Waals surface area contributed by atoms with Crippen molar-refractivity contribution in [3.8, 4) is 0 Å². The van der Waals surface area contributed by atoms with Gasteiger partial charge in [-0.1, -0.05) is 17.7 Å². The molecule has 7 nitrogen and oxygen atoms in total. The van der Waals surface area contributed by atoms with E-state index in [0.717, 1.165) is 10.2 Å². The zero-order valence-electron chi connectivity index (χ0n) is 13.6. The van der Waals surface area contributed by atoms with Gasteiger partial charge in [0.25, 0.3) is 5.56 Å². The number of carbonyl (C=O) groups excluding carboxylic acids is 2. The zero-order valence-corrected chi connectivity index (χ0v) is 15.1.